The summed E-state index contributed by atoms with van der Waals surface area (Å²) in [4.78, 5) is 11.8. The molecule has 3 nitrogen and oxygen atoms in total. The minimum Gasteiger partial charge on any atom is -0.388 e. The molecule has 2 aromatic rings. The van der Waals surface area contributed by atoms with E-state index in [9.17, 15) is 9.90 Å². The molecule has 1 aromatic heterocycles. The van der Waals surface area contributed by atoms with E-state index in [1.807, 2.05) is 35.7 Å². The Kier molecular flexibility index (Phi) is 4.93. The van der Waals surface area contributed by atoms with Crippen molar-refractivity contribution in [2.45, 2.75) is 25.4 Å². The molecule has 1 heterocycles. The van der Waals surface area contributed by atoms with Crippen LogP contribution in [0.2, 0.25) is 0 Å². The van der Waals surface area contributed by atoms with Gasteiger partial charge in [0.15, 0.2) is 0 Å². The van der Waals surface area contributed by atoms with E-state index in [2.05, 4.69) is 5.32 Å². The van der Waals surface area contributed by atoms with Crippen molar-refractivity contribution in [2.24, 2.45) is 0 Å². The van der Waals surface area contributed by atoms with Crippen molar-refractivity contribution in [2.75, 3.05) is 6.54 Å². The first kappa shape index (κ1) is 14.8. The second-order valence-corrected chi connectivity index (χ2v) is 5.96. The summed E-state index contributed by atoms with van der Waals surface area (Å²) >= 11 is 1.49. The second-order valence-electron chi connectivity index (χ2n) is 5.18. The highest BCUT2D eigenvalue weighted by Crippen LogP contribution is 2.14. The zero-order chi connectivity index (χ0) is 14.4. The molecule has 1 atom stereocenters. The van der Waals surface area contributed by atoms with Crippen molar-refractivity contribution in [3.63, 3.8) is 0 Å². The maximum Gasteiger partial charge on any atom is 0.252 e. The summed E-state index contributed by atoms with van der Waals surface area (Å²) in [6, 6.07) is 11.8. The fraction of sp³-hybridized carbons (Fsp3) is 0.312. The topological polar surface area (TPSA) is 49.3 Å². The molecule has 0 saturated heterocycles. The molecule has 2 N–H and O–H groups in total. The second kappa shape index (κ2) is 6.68. The third kappa shape index (κ3) is 4.47. The molecule has 0 bridgehead atoms. The lowest BCUT2D eigenvalue weighted by Crippen LogP contribution is -2.40. The van der Waals surface area contributed by atoms with Gasteiger partial charge >= 0.3 is 0 Å². The van der Waals surface area contributed by atoms with Crippen LogP contribution in [0.25, 0.3) is 0 Å². The van der Waals surface area contributed by atoms with Crippen molar-refractivity contribution < 1.29 is 9.90 Å². The SMILES string of the molecule is CC(O)(CCc1ccccc1)CNC(=O)c1ccsc1. The average Bonchev–Trinajstić information content (AvgIpc) is 2.98. The number of carbonyl (C=O) groups is 1. The standard InChI is InChI=1S/C16H19NO2S/c1-16(19,9-7-13-5-3-2-4-6-13)12-17-15(18)14-8-10-20-11-14/h2-6,8,10-11,19H,7,9,12H2,1H3,(H,17,18). The van der Waals surface area contributed by atoms with Gasteiger partial charge in [-0.25, -0.2) is 0 Å². The molecule has 0 aliphatic heterocycles. The molecule has 0 radical (unpaired) electrons. The van der Waals surface area contributed by atoms with Gasteiger partial charge < -0.3 is 10.4 Å². The fourth-order valence-electron chi connectivity index (χ4n) is 1.91. The molecule has 0 saturated carbocycles. The molecule has 0 spiro atoms. The Bertz CT molecular complexity index is 535. The van der Waals surface area contributed by atoms with Gasteiger partial charge in [-0.2, -0.15) is 11.3 Å². The zero-order valence-electron chi connectivity index (χ0n) is 11.5. The molecule has 20 heavy (non-hydrogen) atoms. The van der Waals surface area contributed by atoms with Gasteiger partial charge in [0, 0.05) is 17.5 Å². The Balaban J connectivity index is 1.80. The van der Waals surface area contributed by atoms with E-state index >= 15 is 0 Å². The van der Waals surface area contributed by atoms with Gasteiger partial charge in [-0.15, -0.1) is 0 Å². The number of amides is 1. The van der Waals surface area contributed by atoms with Crippen LogP contribution in [0, 0.1) is 0 Å². The van der Waals surface area contributed by atoms with E-state index in [1.54, 1.807) is 18.4 Å². The molecule has 106 valence electrons. The van der Waals surface area contributed by atoms with E-state index in [0.29, 0.717) is 12.0 Å². The van der Waals surface area contributed by atoms with Gasteiger partial charge in [0.05, 0.1) is 5.60 Å². The Hall–Kier alpha value is -1.65. The quantitative estimate of drug-likeness (QED) is 0.859. The molecular weight excluding hydrogens is 270 g/mol. The molecule has 0 aliphatic carbocycles. The largest absolute Gasteiger partial charge is 0.388 e. The molecular formula is C16H19NO2S. The summed E-state index contributed by atoms with van der Waals surface area (Å²) in [6.45, 7) is 2.01. The van der Waals surface area contributed by atoms with Crippen LogP contribution in [-0.4, -0.2) is 23.2 Å². The summed E-state index contributed by atoms with van der Waals surface area (Å²) in [5, 5.41) is 16.8. The molecule has 2 rings (SSSR count). The van der Waals surface area contributed by atoms with Crippen molar-refractivity contribution >= 4 is 17.2 Å². The average molecular weight is 289 g/mol. The molecule has 4 heteroatoms. The first-order valence-corrected chi connectivity index (χ1v) is 7.58. The van der Waals surface area contributed by atoms with Crippen LogP contribution in [0.15, 0.2) is 47.2 Å². The van der Waals surface area contributed by atoms with E-state index in [-0.39, 0.29) is 12.5 Å². The third-order valence-corrected chi connectivity index (χ3v) is 3.89. The Morgan fingerprint density at radius 1 is 1.30 bits per heavy atom. The van der Waals surface area contributed by atoms with Gasteiger partial charge in [0.25, 0.3) is 5.91 Å². The number of aliphatic hydroxyl groups is 1. The van der Waals surface area contributed by atoms with Crippen LogP contribution in [0.4, 0.5) is 0 Å². The third-order valence-electron chi connectivity index (χ3n) is 3.21. The molecule has 0 fully saturated rings. The molecule has 1 aromatic carbocycles. The Morgan fingerprint density at radius 2 is 2.05 bits per heavy atom. The number of hydrogen-bond donors (Lipinski definition) is 2. The molecule has 1 amide bonds. The number of hydrogen-bond acceptors (Lipinski definition) is 3. The lowest BCUT2D eigenvalue weighted by Gasteiger charge is -2.23. The Labute approximate surface area is 123 Å². The Morgan fingerprint density at radius 3 is 2.70 bits per heavy atom. The predicted octanol–water partition coefficient (Wildman–Crippen LogP) is 2.86. The highest BCUT2D eigenvalue weighted by molar-refractivity contribution is 7.08. The van der Waals surface area contributed by atoms with Gasteiger partial charge in [0.2, 0.25) is 0 Å². The normalized spacial score (nSPS) is 13.7. The van der Waals surface area contributed by atoms with Crippen molar-refractivity contribution in [3.05, 3.63) is 58.3 Å². The maximum absolute atomic E-state index is 11.8. The number of carbonyl (C=O) groups excluding carboxylic acids is 1. The summed E-state index contributed by atoms with van der Waals surface area (Å²) < 4.78 is 0. The number of nitrogens with one attached hydrogen (secondary N) is 1. The number of benzene rings is 1. The van der Waals surface area contributed by atoms with Crippen molar-refractivity contribution in [1.82, 2.24) is 5.32 Å². The van der Waals surface area contributed by atoms with Crippen LogP contribution >= 0.6 is 11.3 Å². The number of rotatable bonds is 6. The molecule has 0 aliphatic rings. The summed E-state index contributed by atoms with van der Waals surface area (Å²) in [6.07, 6.45) is 1.41. The van der Waals surface area contributed by atoms with Gasteiger partial charge in [-0.3, -0.25) is 4.79 Å². The monoisotopic (exact) mass is 289 g/mol. The minimum absolute atomic E-state index is 0.133. The maximum atomic E-state index is 11.8. The van der Waals surface area contributed by atoms with E-state index < -0.39 is 5.60 Å². The van der Waals surface area contributed by atoms with Crippen molar-refractivity contribution in [1.29, 1.82) is 0 Å². The van der Waals surface area contributed by atoms with Crippen LogP contribution in [0.1, 0.15) is 29.3 Å². The van der Waals surface area contributed by atoms with Crippen LogP contribution < -0.4 is 5.32 Å². The van der Waals surface area contributed by atoms with Gasteiger partial charge in [-0.05, 0) is 36.8 Å². The molecule has 1 unspecified atom stereocenters. The summed E-state index contributed by atoms with van der Waals surface area (Å²) in [5.41, 5.74) is 0.937. The lowest BCUT2D eigenvalue weighted by molar-refractivity contribution is 0.0478. The van der Waals surface area contributed by atoms with Crippen molar-refractivity contribution in [3.8, 4) is 0 Å². The van der Waals surface area contributed by atoms with Crippen LogP contribution in [-0.2, 0) is 6.42 Å². The number of thiophene rings is 1. The van der Waals surface area contributed by atoms with E-state index in [0.717, 1.165) is 6.42 Å². The minimum atomic E-state index is -0.901. The van der Waals surface area contributed by atoms with Gasteiger partial charge in [-0.1, -0.05) is 30.3 Å². The lowest BCUT2D eigenvalue weighted by atomic mass is 9.96. The van der Waals surface area contributed by atoms with Crippen LogP contribution in [0.3, 0.4) is 0 Å². The highest BCUT2D eigenvalue weighted by atomic mass is 32.1. The summed E-state index contributed by atoms with van der Waals surface area (Å²) in [5.74, 6) is -0.133. The predicted molar refractivity (Wildman–Crippen MR) is 82.0 cm³/mol. The smallest absolute Gasteiger partial charge is 0.252 e. The fourth-order valence-corrected chi connectivity index (χ4v) is 2.55. The first-order chi connectivity index (χ1) is 9.57. The van der Waals surface area contributed by atoms with Crippen LogP contribution in [0.5, 0.6) is 0 Å². The summed E-state index contributed by atoms with van der Waals surface area (Å²) in [7, 11) is 0. The van der Waals surface area contributed by atoms with Gasteiger partial charge in [0.1, 0.15) is 0 Å². The van der Waals surface area contributed by atoms with E-state index in [1.165, 1.54) is 16.9 Å². The van der Waals surface area contributed by atoms with E-state index in [4.69, 9.17) is 0 Å². The number of aryl methyl sites for hydroxylation is 1. The highest BCUT2D eigenvalue weighted by Gasteiger charge is 2.21. The zero-order valence-corrected chi connectivity index (χ0v) is 12.3. The first-order valence-electron chi connectivity index (χ1n) is 6.63.